The van der Waals surface area contributed by atoms with Gasteiger partial charge in [-0.1, -0.05) is 20.8 Å². The standard InChI is InChI=1S/C17H26O6/c1-7-14(2,3)11(18)21-10-22-13(20)17-9-8-16(6,12(19)23-17)15(17,4)5/h7-10H2,1-6H3. The van der Waals surface area contributed by atoms with Crippen LogP contribution in [-0.2, 0) is 28.6 Å². The highest BCUT2D eigenvalue weighted by Gasteiger charge is 2.76. The number of esters is 3. The smallest absolute Gasteiger partial charge is 0.354 e. The topological polar surface area (TPSA) is 78.9 Å². The summed E-state index contributed by atoms with van der Waals surface area (Å²) in [7, 11) is 0. The number of ether oxygens (including phenoxy) is 3. The van der Waals surface area contributed by atoms with Gasteiger partial charge in [-0.2, -0.15) is 0 Å². The zero-order valence-corrected chi connectivity index (χ0v) is 14.8. The number of carbonyl (C=O) groups excluding carboxylic acids is 3. The molecule has 130 valence electrons. The molecule has 2 unspecified atom stereocenters. The zero-order chi connectivity index (χ0) is 17.7. The van der Waals surface area contributed by atoms with Gasteiger partial charge in [0.1, 0.15) is 0 Å². The van der Waals surface area contributed by atoms with E-state index < -0.39 is 40.6 Å². The molecule has 1 heterocycles. The molecule has 2 bridgehead atoms. The van der Waals surface area contributed by atoms with Crippen LogP contribution >= 0.6 is 0 Å². The first-order valence-corrected chi connectivity index (χ1v) is 8.02. The van der Waals surface area contributed by atoms with Gasteiger partial charge in [0, 0.05) is 5.41 Å². The van der Waals surface area contributed by atoms with Crippen molar-refractivity contribution < 1.29 is 28.6 Å². The minimum absolute atomic E-state index is 0.366. The maximum Gasteiger partial charge on any atom is 0.354 e. The largest absolute Gasteiger partial charge is 0.446 e. The van der Waals surface area contributed by atoms with E-state index in [9.17, 15) is 14.4 Å². The minimum Gasteiger partial charge on any atom is -0.446 e. The first-order chi connectivity index (χ1) is 10.4. The number of carbonyl (C=O) groups is 3. The van der Waals surface area contributed by atoms with E-state index in [1.807, 2.05) is 27.7 Å². The van der Waals surface area contributed by atoms with Gasteiger partial charge in [-0.25, -0.2) is 4.79 Å². The van der Waals surface area contributed by atoms with Crippen LogP contribution in [0.15, 0.2) is 0 Å². The third-order valence-corrected chi connectivity index (χ3v) is 6.23. The lowest BCUT2D eigenvalue weighted by molar-refractivity contribution is -0.195. The lowest BCUT2D eigenvalue weighted by atomic mass is 9.66. The monoisotopic (exact) mass is 326 g/mol. The third kappa shape index (κ3) is 2.25. The molecule has 1 saturated heterocycles. The van der Waals surface area contributed by atoms with Crippen molar-refractivity contribution in [1.29, 1.82) is 0 Å². The highest BCUT2D eigenvalue weighted by atomic mass is 16.7. The van der Waals surface area contributed by atoms with Gasteiger partial charge >= 0.3 is 17.9 Å². The summed E-state index contributed by atoms with van der Waals surface area (Å²) in [6.45, 7) is 10.5. The lowest BCUT2D eigenvalue weighted by Gasteiger charge is -2.34. The van der Waals surface area contributed by atoms with Crippen molar-refractivity contribution in [3.8, 4) is 0 Å². The fourth-order valence-corrected chi connectivity index (χ4v) is 3.30. The second-order valence-electron chi connectivity index (χ2n) is 7.89. The second-order valence-corrected chi connectivity index (χ2v) is 7.89. The highest BCUT2D eigenvalue weighted by Crippen LogP contribution is 2.65. The van der Waals surface area contributed by atoms with E-state index in [-0.39, 0.29) is 5.97 Å². The fourth-order valence-electron chi connectivity index (χ4n) is 3.30. The van der Waals surface area contributed by atoms with Gasteiger partial charge in [-0.15, -0.1) is 0 Å². The van der Waals surface area contributed by atoms with E-state index in [1.165, 1.54) is 0 Å². The average Bonchev–Trinajstić information content (AvgIpc) is 2.77. The summed E-state index contributed by atoms with van der Waals surface area (Å²) in [4.78, 5) is 36.5. The van der Waals surface area contributed by atoms with Crippen LogP contribution in [0.4, 0.5) is 0 Å². The molecule has 1 aliphatic carbocycles. The van der Waals surface area contributed by atoms with Crippen molar-refractivity contribution in [2.24, 2.45) is 16.2 Å². The van der Waals surface area contributed by atoms with E-state index in [0.29, 0.717) is 19.3 Å². The first-order valence-electron chi connectivity index (χ1n) is 8.02. The molecule has 1 saturated carbocycles. The Kier molecular flexibility index (Phi) is 4.02. The van der Waals surface area contributed by atoms with Gasteiger partial charge in [0.2, 0.25) is 12.4 Å². The van der Waals surface area contributed by atoms with Crippen LogP contribution in [-0.4, -0.2) is 30.3 Å². The number of rotatable bonds is 5. The van der Waals surface area contributed by atoms with E-state index in [0.717, 1.165) is 0 Å². The second kappa shape index (κ2) is 5.21. The fraction of sp³-hybridized carbons (Fsp3) is 0.824. The maximum absolute atomic E-state index is 12.5. The quantitative estimate of drug-likeness (QED) is 0.571. The molecule has 1 aliphatic heterocycles. The molecule has 2 rings (SSSR count). The van der Waals surface area contributed by atoms with Crippen molar-refractivity contribution in [3.05, 3.63) is 0 Å². The molecule has 0 N–H and O–H groups in total. The van der Waals surface area contributed by atoms with Gasteiger partial charge in [0.15, 0.2) is 0 Å². The Bertz CT molecular complexity index is 549. The van der Waals surface area contributed by atoms with Crippen molar-refractivity contribution in [2.45, 2.75) is 66.4 Å². The minimum atomic E-state index is -1.29. The van der Waals surface area contributed by atoms with Crippen LogP contribution in [0.3, 0.4) is 0 Å². The molecular formula is C17H26O6. The van der Waals surface area contributed by atoms with E-state index in [2.05, 4.69) is 0 Å². The molecule has 2 aliphatic rings. The van der Waals surface area contributed by atoms with Crippen LogP contribution in [0, 0.1) is 16.2 Å². The number of hydrogen-bond acceptors (Lipinski definition) is 6. The van der Waals surface area contributed by atoms with Crippen molar-refractivity contribution in [1.82, 2.24) is 0 Å². The van der Waals surface area contributed by atoms with Crippen LogP contribution in [0.25, 0.3) is 0 Å². The van der Waals surface area contributed by atoms with Gasteiger partial charge in [-0.3, -0.25) is 9.59 Å². The molecule has 2 atom stereocenters. The maximum atomic E-state index is 12.5. The molecule has 23 heavy (non-hydrogen) atoms. The number of hydrogen-bond donors (Lipinski definition) is 0. The van der Waals surface area contributed by atoms with Crippen LogP contribution < -0.4 is 0 Å². The van der Waals surface area contributed by atoms with E-state index in [1.54, 1.807) is 13.8 Å². The molecule has 0 spiro atoms. The van der Waals surface area contributed by atoms with Gasteiger partial charge < -0.3 is 14.2 Å². The molecule has 6 heteroatoms. The Morgan fingerprint density at radius 2 is 1.78 bits per heavy atom. The summed E-state index contributed by atoms with van der Waals surface area (Å²) < 4.78 is 15.6. The molecular weight excluding hydrogens is 300 g/mol. The van der Waals surface area contributed by atoms with Gasteiger partial charge in [0.05, 0.1) is 10.8 Å². The van der Waals surface area contributed by atoms with Gasteiger partial charge in [0.25, 0.3) is 0 Å². The summed E-state index contributed by atoms with van der Waals surface area (Å²) in [5, 5.41) is 0. The van der Waals surface area contributed by atoms with Gasteiger partial charge in [-0.05, 0) is 40.0 Å². The molecule has 0 radical (unpaired) electrons. The Hall–Kier alpha value is -1.59. The Morgan fingerprint density at radius 3 is 2.22 bits per heavy atom. The van der Waals surface area contributed by atoms with E-state index in [4.69, 9.17) is 14.2 Å². The summed E-state index contributed by atoms with van der Waals surface area (Å²) in [6, 6.07) is 0. The molecule has 0 amide bonds. The summed E-state index contributed by atoms with van der Waals surface area (Å²) in [5.74, 6) is -1.43. The molecule has 0 aromatic heterocycles. The van der Waals surface area contributed by atoms with Crippen LogP contribution in [0.2, 0.25) is 0 Å². The zero-order valence-electron chi connectivity index (χ0n) is 14.8. The Labute approximate surface area is 136 Å². The molecule has 0 aromatic carbocycles. The highest BCUT2D eigenvalue weighted by molar-refractivity contribution is 5.93. The Morgan fingerprint density at radius 1 is 1.17 bits per heavy atom. The number of fused-ring (bicyclic) bond motifs is 2. The average molecular weight is 326 g/mol. The van der Waals surface area contributed by atoms with Crippen molar-refractivity contribution in [3.63, 3.8) is 0 Å². The van der Waals surface area contributed by atoms with E-state index >= 15 is 0 Å². The van der Waals surface area contributed by atoms with Crippen LogP contribution in [0.1, 0.15) is 60.8 Å². The SMILES string of the molecule is CCC(C)(C)C(=O)OCOC(=O)C12CCC(C)(C(=O)O1)C2(C)C. The molecule has 2 fully saturated rings. The Balaban J connectivity index is 2.03. The summed E-state index contributed by atoms with van der Waals surface area (Å²) in [5.41, 5.74) is -3.27. The van der Waals surface area contributed by atoms with Crippen LogP contribution in [0.5, 0.6) is 0 Å². The van der Waals surface area contributed by atoms with Crippen molar-refractivity contribution in [2.75, 3.05) is 6.79 Å². The lowest BCUT2D eigenvalue weighted by Crippen LogP contribution is -2.49. The van der Waals surface area contributed by atoms with Crippen molar-refractivity contribution >= 4 is 17.9 Å². The third-order valence-electron chi connectivity index (χ3n) is 6.23. The predicted molar refractivity (Wildman–Crippen MR) is 81.1 cm³/mol. The molecule has 0 aromatic rings. The predicted octanol–water partition coefficient (Wildman–Crippen LogP) is 2.59. The summed E-state index contributed by atoms with van der Waals surface area (Å²) in [6.07, 6.45) is 1.62. The summed E-state index contributed by atoms with van der Waals surface area (Å²) >= 11 is 0. The normalized spacial score (nSPS) is 31.7. The first kappa shape index (κ1) is 17.8. The molecule has 6 nitrogen and oxygen atoms in total.